The number of hydrogen-bond donors (Lipinski definition) is 2. The van der Waals surface area contributed by atoms with E-state index < -0.39 is 39.4 Å². The summed E-state index contributed by atoms with van der Waals surface area (Å²) in [6, 6.07) is 13.8. The Hall–Kier alpha value is -4.62. The molecule has 0 fully saturated rings. The molecule has 0 aliphatic carbocycles. The zero-order valence-electron chi connectivity index (χ0n) is 24.0. The number of Topliss-reactive ketones (excluding diaryl/α,β-unsaturated/α-hetero) is 1. The van der Waals surface area contributed by atoms with Crippen molar-refractivity contribution in [2.75, 3.05) is 13.7 Å². The van der Waals surface area contributed by atoms with Gasteiger partial charge in [-0.25, -0.2) is 27.9 Å². The molecule has 2 aromatic carbocycles. The molecule has 3 rings (SSSR count). The summed E-state index contributed by atoms with van der Waals surface area (Å²) in [7, 11) is -2.43. The Morgan fingerprint density at radius 1 is 1.12 bits per heavy atom. The quantitative estimate of drug-likeness (QED) is 0.192. The van der Waals surface area contributed by atoms with Gasteiger partial charge in [-0.05, 0) is 64.1 Å². The molecule has 1 heterocycles. The number of allylic oxidation sites excluding steroid dienone is 1. The SMILES string of the molecule is CCOC(=O)C(N)=CC(=Nc1ccc(OC)cc1)C(=O)Cn1cnc(-c2ccccc2S(=O)(=O)NC(C)(C)C)cc1=O. The Bertz CT molecular complexity index is 1690. The monoisotopic (exact) mass is 595 g/mol. The number of nitrogens with one attached hydrogen (secondary N) is 1. The highest BCUT2D eigenvalue weighted by Gasteiger charge is 2.25. The highest BCUT2D eigenvalue weighted by Crippen LogP contribution is 2.26. The number of hydrogen-bond acceptors (Lipinski definition) is 10. The Balaban J connectivity index is 1.97. The van der Waals surface area contributed by atoms with Gasteiger partial charge >= 0.3 is 5.97 Å². The number of ketones is 1. The van der Waals surface area contributed by atoms with E-state index in [1.807, 2.05) is 0 Å². The molecule has 1 aromatic heterocycles. The molecular weight excluding hydrogens is 562 g/mol. The molecule has 0 saturated heterocycles. The zero-order valence-corrected chi connectivity index (χ0v) is 24.8. The second-order valence-corrected chi connectivity index (χ2v) is 11.7. The van der Waals surface area contributed by atoms with Gasteiger partial charge in [0.25, 0.3) is 5.56 Å². The van der Waals surface area contributed by atoms with Crippen molar-refractivity contribution in [3.05, 3.63) is 83.1 Å². The molecule has 0 saturated carbocycles. The van der Waals surface area contributed by atoms with E-state index >= 15 is 0 Å². The van der Waals surface area contributed by atoms with Gasteiger partial charge in [-0.2, -0.15) is 0 Å². The molecule has 13 heteroatoms. The summed E-state index contributed by atoms with van der Waals surface area (Å²) in [6.07, 6.45) is 2.22. The van der Waals surface area contributed by atoms with Gasteiger partial charge in [-0.15, -0.1) is 0 Å². The molecule has 0 unspecified atom stereocenters. The fourth-order valence-electron chi connectivity index (χ4n) is 3.69. The molecule has 42 heavy (non-hydrogen) atoms. The van der Waals surface area contributed by atoms with Crippen LogP contribution in [0.15, 0.2) is 87.4 Å². The number of carbonyl (C=O) groups excluding carboxylic acids is 2. The summed E-state index contributed by atoms with van der Waals surface area (Å²) in [4.78, 5) is 47.0. The van der Waals surface area contributed by atoms with Crippen molar-refractivity contribution in [3.63, 3.8) is 0 Å². The third-order valence-corrected chi connectivity index (χ3v) is 7.31. The van der Waals surface area contributed by atoms with Crippen LogP contribution in [0.5, 0.6) is 5.75 Å². The van der Waals surface area contributed by atoms with E-state index in [4.69, 9.17) is 15.2 Å². The fraction of sp³-hybridized carbons (Fsp3) is 0.276. The van der Waals surface area contributed by atoms with E-state index in [0.717, 1.165) is 23.0 Å². The number of ether oxygens (including phenoxy) is 2. The Labute approximate surface area is 244 Å². The van der Waals surface area contributed by atoms with E-state index in [1.165, 1.54) is 19.2 Å². The van der Waals surface area contributed by atoms with Crippen LogP contribution in [0.25, 0.3) is 11.3 Å². The number of carbonyl (C=O) groups is 2. The number of benzene rings is 2. The molecule has 0 aliphatic rings. The predicted molar refractivity (Wildman–Crippen MR) is 158 cm³/mol. The van der Waals surface area contributed by atoms with Crippen LogP contribution in [0.4, 0.5) is 5.69 Å². The van der Waals surface area contributed by atoms with Crippen molar-refractivity contribution in [2.45, 2.75) is 44.7 Å². The van der Waals surface area contributed by atoms with Gasteiger partial charge in [0.1, 0.15) is 17.2 Å². The standard InChI is InChI=1S/C29H33N5O7S/c1-6-41-28(37)22(30)15-24(32-19-11-13-20(40-5)14-12-19)25(35)17-34-18-31-23(16-27(34)36)21-9-7-8-10-26(21)42(38,39)33-29(2,3)4/h7-16,18,33H,6,17,30H2,1-5H3. The van der Waals surface area contributed by atoms with Crippen molar-refractivity contribution in [2.24, 2.45) is 10.7 Å². The normalized spacial score (nSPS) is 12.6. The molecule has 3 aromatic rings. The van der Waals surface area contributed by atoms with Crippen LogP contribution in [0.2, 0.25) is 0 Å². The van der Waals surface area contributed by atoms with Crippen LogP contribution in [-0.4, -0.2) is 54.7 Å². The number of rotatable bonds is 11. The van der Waals surface area contributed by atoms with Crippen molar-refractivity contribution in [1.29, 1.82) is 0 Å². The topological polar surface area (TPSA) is 172 Å². The maximum Gasteiger partial charge on any atom is 0.354 e. The highest BCUT2D eigenvalue weighted by molar-refractivity contribution is 7.89. The Morgan fingerprint density at radius 3 is 2.38 bits per heavy atom. The number of aromatic nitrogens is 2. The minimum absolute atomic E-state index is 0.0471. The van der Waals surface area contributed by atoms with Gasteiger partial charge < -0.3 is 15.2 Å². The lowest BCUT2D eigenvalue weighted by Crippen LogP contribution is -2.40. The Morgan fingerprint density at radius 2 is 1.79 bits per heavy atom. The van der Waals surface area contributed by atoms with Crippen LogP contribution in [0, 0.1) is 0 Å². The number of esters is 1. The summed E-state index contributed by atoms with van der Waals surface area (Å²) in [6.45, 7) is 6.35. The lowest BCUT2D eigenvalue weighted by Gasteiger charge is -2.21. The van der Waals surface area contributed by atoms with Crippen LogP contribution in [-0.2, 0) is 30.9 Å². The van der Waals surface area contributed by atoms with Crippen molar-refractivity contribution in [3.8, 4) is 17.0 Å². The van der Waals surface area contributed by atoms with Crippen LogP contribution < -0.4 is 20.8 Å². The second kappa shape index (κ2) is 13.4. The van der Waals surface area contributed by atoms with Crippen molar-refractivity contribution < 1.29 is 27.5 Å². The summed E-state index contributed by atoms with van der Waals surface area (Å²) < 4.78 is 39.7. The number of aliphatic imine (C=N–C) groups is 1. The average molecular weight is 596 g/mol. The van der Waals surface area contributed by atoms with Gasteiger partial charge in [0.15, 0.2) is 0 Å². The maximum absolute atomic E-state index is 13.3. The first-order valence-electron chi connectivity index (χ1n) is 12.8. The van der Waals surface area contributed by atoms with Crippen LogP contribution in [0.3, 0.4) is 0 Å². The van der Waals surface area contributed by atoms with Crippen molar-refractivity contribution in [1.82, 2.24) is 14.3 Å². The summed E-state index contributed by atoms with van der Waals surface area (Å²) in [5.41, 5.74) is 4.63. The van der Waals surface area contributed by atoms with E-state index in [-0.39, 0.29) is 34.2 Å². The van der Waals surface area contributed by atoms with Gasteiger partial charge in [0, 0.05) is 17.2 Å². The first-order chi connectivity index (χ1) is 19.7. The molecule has 0 amide bonds. The largest absolute Gasteiger partial charge is 0.497 e. The third-order valence-electron chi connectivity index (χ3n) is 5.50. The van der Waals surface area contributed by atoms with E-state index in [1.54, 1.807) is 64.1 Å². The molecule has 0 radical (unpaired) electrons. The second-order valence-electron chi connectivity index (χ2n) is 10.0. The van der Waals surface area contributed by atoms with E-state index in [9.17, 15) is 22.8 Å². The first kappa shape index (κ1) is 31.9. The number of sulfonamides is 1. The highest BCUT2D eigenvalue weighted by atomic mass is 32.2. The fourth-order valence-corrected chi connectivity index (χ4v) is 5.33. The van der Waals surface area contributed by atoms with Crippen LogP contribution >= 0.6 is 0 Å². The molecule has 12 nitrogen and oxygen atoms in total. The molecular formula is C29H33N5O7S. The zero-order chi connectivity index (χ0) is 31.1. The average Bonchev–Trinajstić information content (AvgIpc) is 2.93. The summed E-state index contributed by atoms with van der Waals surface area (Å²) in [5.74, 6) is -0.901. The van der Waals surface area contributed by atoms with Crippen molar-refractivity contribution >= 4 is 33.2 Å². The molecule has 0 aliphatic heterocycles. The molecule has 0 bridgehead atoms. The lowest BCUT2D eigenvalue weighted by atomic mass is 10.1. The lowest BCUT2D eigenvalue weighted by molar-refractivity contribution is -0.138. The summed E-state index contributed by atoms with van der Waals surface area (Å²) >= 11 is 0. The minimum Gasteiger partial charge on any atom is -0.497 e. The third kappa shape index (κ3) is 8.44. The maximum atomic E-state index is 13.3. The molecule has 3 N–H and O–H groups in total. The molecule has 0 spiro atoms. The Kier molecular flexibility index (Phi) is 10.1. The number of nitrogens with zero attached hydrogens (tertiary/aromatic N) is 3. The van der Waals surface area contributed by atoms with Gasteiger partial charge in [0.05, 0.1) is 42.9 Å². The predicted octanol–water partition coefficient (Wildman–Crippen LogP) is 2.74. The first-order valence-corrected chi connectivity index (χ1v) is 14.3. The van der Waals surface area contributed by atoms with E-state index in [0.29, 0.717) is 11.4 Å². The van der Waals surface area contributed by atoms with Gasteiger partial charge in [-0.1, -0.05) is 18.2 Å². The van der Waals surface area contributed by atoms with Gasteiger partial charge in [-0.3, -0.25) is 14.2 Å². The van der Waals surface area contributed by atoms with Crippen LogP contribution in [0.1, 0.15) is 27.7 Å². The van der Waals surface area contributed by atoms with E-state index in [2.05, 4.69) is 14.7 Å². The number of methoxy groups -OCH3 is 1. The number of nitrogens with two attached hydrogens (primary N) is 1. The molecule has 222 valence electrons. The molecule has 0 atom stereocenters. The summed E-state index contributed by atoms with van der Waals surface area (Å²) in [5, 5.41) is 0. The van der Waals surface area contributed by atoms with Gasteiger partial charge in [0.2, 0.25) is 15.8 Å². The minimum atomic E-state index is -3.94. The smallest absolute Gasteiger partial charge is 0.354 e.